The van der Waals surface area contributed by atoms with Gasteiger partial charge in [0.05, 0.1) is 12.7 Å². The third-order valence-electron chi connectivity index (χ3n) is 2.29. The molecule has 1 saturated heterocycles. The number of hydrogen-bond donors (Lipinski definition) is 0. The maximum atomic E-state index is 5.54. The number of fused-ring (bicyclic) bond motifs is 1. The Bertz CT molecular complexity index is 89.8. The lowest BCUT2D eigenvalue weighted by molar-refractivity contribution is 0.0765. The zero-order chi connectivity index (χ0) is 6.81. The molecule has 0 aromatic rings. The number of rotatable bonds is 0. The summed E-state index contributed by atoms with van der Waals surface area (Å²) in [6.07, 6.45) is 6.01. The second kappa shape index (κ2) is 3.14. The Balaban J connectivity index is 1.93. The molecule has 1 radical (unpaired) electrons. The van der Waals surface area contributed by atoms with E-state index in [-0.39, 0.29) is 0 Å². The van der Waals surface area contributed by atoms with Gasteiger partial charge in [-0.15, -0.1) is 0 Å². The maximum Gasteiger partial charge on any atom is 0.0939 e. The van der Waals surface area contributed by atoms with Crippen LogP contribution in [0.15, 0.2) is 0 Å². The largest absolute Gasteiger partial charge is 0.370 e. The Labute approximate surface area is 66.5 Å². The van der Waals surface area contributed by atoms with Gasteiger partial charge in [-0.1, -0.05) is 12.8 Å². The van der Waals surface area contributed by atoms with E-state index in [2.05, 4.69) is 11.8 Å². The lowest BCUT2D eigenvalue weighted by atomic mass is 9.97. The summed E-state index contributed by atoms with van der Waals surface area (Å²) >= 11 is 2.07. The lowest BCUT2D eigenvalue weighted by Crippen LogP contribution is -2.33. The summed E-state index contributed by atoms with van der Waals surface area (Å²) in [4.78, 5) is 0. The molecular formula is C8H13OS. The number of thioether (sulfide) groups is 1. The standard InChI is InChI=1S/C8H13OS/c1-2-4-8-7(3-1)9-5-6-10-8/h5,7-8H,1-4,6H2. The molecule has 10 heavy (non-hydrogen) atoms. The molecule has 2 aliphatic rings. The van der Waals surface area contributed by atoms with Crippen LogP contribution in [0.1, 0.15) is 25.7 Å². The van der Waals surface area contributed by atoms with Crippen LogP contribution in [0.5, 0.6) is 0 Å². The van der Waals surface area contributed by atoms with Crippen molar-refractivity contribution in [2.75, 3.05) is 5.75 Å². The van der Waals surface area contributed by atoms with Crippen LogP contribution < -0.4 is 0 Å². The van der Waals surface area contributed by atoms with E-state index in [1.54, 1.807) is 0 Å². The Hall–Kier alpha value is 0.310. The molecule has 1 nitrogen and oxygen atoms in total. The quantitative estimate of drug-likeness (QED) is 0.533. The fraction of sp³-hybridized carbons (Fsp3) is 0.875. The molecule has 0 amide bonds. The van der Waals surface area contributed by atoms with E-state index in [1.807, 2.05) is 6.61 Å². The van der Waals surface area contributed by atoms with E-state index >= 15 is 0 Å². The van der Waals surface area contributed by atoms with Crippen molar-refractivity contribution in [2.45, 2.75) is 37.0 Å². The Morgan fingerprint density at radius 2 is 2.20 bits per heavy atom. The molecule has 2 unspecified atom stereocenters. The second-order valence-electron chi connectivity index (χ2n) is 3.00. The SMILES string of the molecule is [CH]1CSC2CCCCC2O1. The first-order chi connectivity index (χ1) is 4.97. The first-order valence-corrected chi connectivity index (χ1v) is 5.10. The highest BCUT2D eigenvalue weighted by molar-refractivity contribution is 8.00. The lowest BCUT2D eigenvalue weighted by Gasteiger charge is -2.34. The normalized spacial score (nSPS) is 40.8. The molecule has 0 bridgehead atoms. The number of ether oxygens (including phenoxy) is 1. The summed E-state index contributed by atoms with van der Waals surface area (Å²) in [6.45, 7) is 1.97. The molecule has 0 aromatic heterocycles. The van der Waals surface area contributed by atoms with Crippen molar-refractivity contribution in [3.8, 4) is 0 Å². The molecule has 2 fully saturated rings. The first kappa shape index (κ1) is 6.99. The minimum absolute atomic E-state index is 0.562. The molecule has 1 saturated carbocycles. The summed E-state index contributed by atoms with van der Waals surface area (Å²) in [5.41, 5.74) is 0. The van der Waals surface area contributed by atoms with Gasteiger partial charge in [0.15, 0.2) is 0 Å². The highest BCUT2D eigenvalue weighted by Gasteiger charge is 2.28. The van der Waals surface area contributed by atoms with Crippen LogP contribution in [0.4, 0.5) is 0 Å². The van der Waals surface area contributed by atoms with Crippen LogP contribution >= 0.6 is 11.8 Å². The molecule has 2 heteroatoms. The predicted molar refractivity (Wildman–Crippen MR) is 43.9 cm³/mol. The van der Waals surface area contributed by atoms with E-state index in [1.165, 1.54) is 25.7 Å². The van der Waals surface area contributed by atoms with E-state index in [4.69, 9.17) is 4.74 Å². The molecule has 2 atom stereocenters. The average Bonchev–Trinajstić information content (AvgIpc) is 2.05. The van der Waals surface area contributed by atoms with Gasteiger partial charge in [-0.05, 0) is 12.8 Å². The van der Waals surface area contributed by atoms with Crippen molar-refractivity contribution >= 4 is 11.8 Å². The highest BCUT2D eigenvalue weighted by Crippen LogP contribution is 2.34. The van der Waals surface area contributed by atoms with E-state index in [0.29, 0.717) is 6.10 Å². The summed E-state index contributed by atoms with van der Waals surface area (Å²) < 4.78 is 5.54. The van der Waals surface area contributed by atoms with Gasteiger partial charge in [0.25, 0.3) is 0 Å². The van der Waals surface area contributed by atoms with Crippen molar-refractivity contribution in [3.05, 3.63) is 6.61 Å². The number of hydrogen-bond acceptors (Lipinski definition) is 2. The van der Waals surface area contributed by atoms with Crippen molar-refractivity contribution in [1.82, 2.24) is 0 Å². The zero-order valence-corrected chi connectivity index (χ0v) is 6.90. The minimum atomic E-state index is 0.562. The van der Waals surface area contributed by atoms with Gasteiger partial charge in [0.2, 0.25) is 0 Å². The van der Waals surface area contributed by atoms with Crippen LogP contribution in [-0.2, 0) is 4.74 Å². The molecule has 0 spiro atoms. The van der Waals surface area contributed by atoms with Crippen molar-refractivity contribution in [3.63, 3.8) is 0 Å². The van der Waals surface area contributed by atoms with Crippen LogP contribution in [0.3, 0.4) is 0 Å². The van der Waals surface area contributed by atoms with Gasteiger partial charge >= 0.3 is 0 Å². The van der Waals surface area contributed by atoms with E-state index in [0.717, 1.165) is 11.0 Å². The van der Waals surface area contributed by atoms with E-state index < -0.39 is 0 Å². The summed E-state index contributed by atoms with van der Waals surface area (Å²) in [7, 11) is 0. The van der Waals surface area contributed by atoms with Crippen molar-refractivity contribution in [2.24, 2.45) is 0 Å². The van der Waals surface area contributed by atoms with Crippen molar-refractivity contribution < 1.29 is 4.74 Å². The van der Waals surface area contributed by atoms with E-state index in [9.17, 15) is 0 Å². The van der Waals surface area contributed by atoms with Gasteiger partial charge in [-0.3, -0.25) is 0 Å². The summed E-state index contributed by atoms with van der Waals surface area (Å²) in [5, 5.41) is 0.818. The van der Waals surface area contributed by atoms with Crippen LogP contribution in [-0.4, -0.2) is 17.1 Å². The van der Waals surface area contributed by atoms with Crippen molar-refractivity contribution in [1.29, 1.82) is 0 Å². The molecule has 1 aliphatic carbocycles. The molecule has 0 aromatic carbocycles. The van der Waals surface area contributed by atoms with Gasteiger partial charge in [-0.2, -0.15) is 11.8 Å². The molecule has 2 rings (SSSR count). The van der Waals surface area contributed by atoms with Crippen LogP contribution in [0.25, 0.3) is 0 Å². The predicted octanol–water partition coefficient (Wildman–Crippen LogP) is 2.22. The van der Waals surface area contributed by atoms with Gasteiger partial charge in [0.1, 0.15) is 0 Å². The maximum absolute atomic E-state index is 5.54. The highest BCUT2D eigenvalue weighted by atomic mass is 32.2. The van der Waals surface area contributed by atoms with Crippen LogP contribution in [0.2, 0.25) is 0 Å². The van der Waals surface area contributed by atoms with Gasteiger partial charge in [-0.25, -0.2) is 0 Å². The average molecular weight is 157 g/mol. The monoisotopic (exact) mass is 157 g/mol. The fourth-order valence-electron chi connectivity index (χ4n) is 1.73. The van der Waals surface area contributed by atoms with Crippen LogP contribution in [0, 0.1) is 6.61 Å². The molecule has 1 aliphatic heterocycles. The Kier molecular flexibility index (Phi) is 2.19. The molecule has 57 valence electrons. The Morgan fingerprint density at radius 1 is 1.30 bits per heavy atom. The zero-order valence-electron chi connectivity index (χ0n) is 6.08. The Morgan fingerprint density at radius 3 is 3.10 bits per heavy atom. The molecule has 1 heterocycles. The second-order valence-corrected chi connectivity index (χ2v) is 4.27. The summed E-state index contributed by atoms with van der Waals surface area (Å²) in [5.74, 6) is 1.10. The summed E-state index contributed by atoms with van der Waals surface area (Å²) in [6, 6.07) is 0. The first-order valence-electron chi connectivity index (χ1n) is 4.05. The molecular weight excluding hydrogens is 144 g/mol. The molecule has 0 N–H and O–H groups in total. The third-order valence-corrected chi connectivity index (χ3v) is 3.59. The smallest absolute Gasteiger partial charge is 0.0939 e. The topological polar surface area (TPSA) is 9.23 Å². The van der Waals surface area contributed by atoms with Gasteiger partial charge in [0, 0.05) is 11.0 Å². The minimum Gasteiger partial charge on any atom is -0.370 e. The fourth-order valence-corrected chi connectivity index (χ4v) is 2.89. The van der Waals surface area contributed by atoms with Gasteiger partial charge < -0.3 is 4.74 Å². The third kappa shape index (κ3) is 1.32.